The van der Waals surface area contributed by atoms with Crippen LogP contribution in [0.3, 0.4) is 0 Å². The van der Waals surface area contributed by atoms with Gasteiger partial charge in [0.2, 0.25) is 17.2 Å². The first-order valence-corrected chi connectivity index (χ1v) is 9.05. The summed E-state index contributed by atoms with van der Waals surface area (Å²) >= 11 is 3.40. The number of hydrogen-bond donors (Lipinski definition) is 0. The van der Waals surface area contributed by atoms with Crippen LogP contribution in [0.4, 0.5) is 0 Å². The summed E-state index contributed by atoms with van der Waals surface area (Å²) in [6.07, 6.45) is -0.587. The molecule has 1 unspecified atom stereocenters. The molecule has 0 amide bonds. The summed E-state index contributed by atoms with van der Waals surface area (Å²) in [6, 6.07) is 25.1. The minimum absolute atomic E-state index is 0.306. The molecule has 1 aliphatic heterocycles. The molecule has 1 fully saturated rings. The van der Waals surface area contributed by atoms with Gasteiger partial charge in [0.05, 0.1) is 0 Å². The van der Waals surface area contributed by atoms with Gasteiger partial charge >= 0.3 is 0 Å². The van der Waals surface area contributed by atoms with Gasteiger partial charge in [-0.15, -0.1) is 0 Å². The SMILES string of the molecule is O=C(c1ccccc1)C1(C(=O)c2ccccc2)OC1c1ccc(Br)cc1. The van der Waals surface area contributed by atoms with Gasteiger partial charge in [0.25, 0.3) is 0 Å². The Bertz CT molecular complexity index is 898. The van der Waals surface area contributed by atoms with Gasteiger partial charge in [-0.2, -0.15) is 0 Å². The molecule has 26 heavy (non-hydrogen) atoms. The first kappa shape index (κ1) is 16.9. The smallest absolute Gasteiger partial charge is 0.224 e. The number of hydrogen-bond acceptors (Lipinski definition) is 3. The van der Waals surface area contributed by atoms with Crippen LogP contribution < -0.4 is 0 Å². The maximum atomic E-state index is 13.2. The van der Waals surface area contributed by atoms with Crippen LogP contribution in [0.5, 0.6) is 0 Å². The number of carbonyl (C=O) groups excluding carboxylic acids is 2. The molecule has 1 aliphatic rings. The Balaban J connectivity index is 1.77. The number of ether oxygens (including phenoxy) is 1. The van der Waals surface area contributed by atoms with Crippen LogP contribution >= 0.6 is 15.9 Å². The van der Waals surface area contributed by atoms with Crippen molar-refractivity contribution in [2.45, 2.75) is 11.7 Å². The number of ketones is 2. The fourth-order valence-electron chi connectivity index (χ4n) is 3.15. The van der Waals surface area contributed by atoms with E-state index in [1.165, 1.54) is 0 Å². The Kier molecular flexibility index (Phi) is 4.31. The fraction of sp³-hybridized carbons (Fsp3) is 0.0909. The van der Waals surface area contributed by atoms with Gasteiger partial charge in [-0.25, -0.2) is 0 Å². The molecule has 0 radical (unpaired) electrons. The molecule has 3 aromatic rings. The van der Waals surface area contributed by atoms with E-state index >= 15 is 0 Å². The van der Waals surface area contributed by atoms with Crippen LogP contribution in [0.1, 0.15) is 32.4 Å². The number of benzene rings is 3. The van der Waals surface area contributed by atoms with Crippen molar-refractivity contribution in [1.29, 1.82) is 0 Å². The molecule has 4 heteroatoms. The molecule has 1 saturated heterocycles. The zero-order valence-corrected chi connectivity index (χ0v) is 15.3. The molecule has 3 nitrogen and oxygen atoms in total. The molecule has 0 aliphatic carbocycles. The van der Waals surface area contributed by atoms with Crippen LogP contribution in [-0.4, -0.2) is 17.2 Å². The lowest BCUT2D eigenvalue weighted by molar-refractivity contribution is 0.0752. The third-order valence-corrected chi connectivity index (χ3v) is 5.06. The maximum Gasteiger partial charge on any atom is 0.224 e. The van der Waals surface area contributed by atoms with Crippen molar-refractivity contribution in [2.75, 3.05) is 0 Å². The van der Waals surface area contributed by atoms with E-state index in [4.69, 9.17) is 4.74 Å². The summed E-state index contributed by atoms with van der Waals surface area (Å²) in [5.74, 6) is -0.611. The highest BCUT2D eigenvalue weighted by molar-refractivity contribution is 9.10. The summed E-state index contributed by atoms with van der Waals surface area (Å²) in [4.78, 5) is 26.5. The quantitative estimate of drug-likeness (QED) is 0.339. The van der Waals surface area contributed by atoms with Crippen LogP contribution in [0.15, 0.2) is 89.4 Å². The summed E-state index contributed by atoms with van der Waals surface area (Å²) < 4.78 is 6.78. The molecule has 3 aromatic carbocycles. The predicted molar refractivity (Wildman–Crippen MR) is 102 cm³/mol. The van der Waals surface area contributed by atoms with E-state index in [2.05, 4.69) is 15.9 Å². The lowest BCUT2D eigenvalue weighted by Crippen LogP contribution is -2.35. The number of epoxide rings is 1. The minimum atomic E-state index is -1.50. The second-order valence-corrected chi connectivity index (χ2v) is 7.09. The maximum absolute atomic E-state index is 13.2. The van der Waals surface area contributed by atoms with Crippen molar-refractivity contribution in [2.24, 2.45) is 0 Å². The first-order chi connectivity index (χ1) is 12.6. The first-order valence-electron chi connectivity index (χ1n) is 8.26. The van der Waals surface area contributed by atoms with E-state index in [0.29, 0.717) is 11.1 Å². The highest BCUT2D eigenvalue weighted by Crippen LogP contribution is 2.53. The van der Waals surface area contributed by atoms with Gasteiger partial charge in [0.1, 0.15) is 6.10 Å². The molecular weight excluding hydrogens is 392 g/mol. The molecule has 4 rings (SSSR count). The number of Topliss-reactive ketones (excluding diaryl/α,β-unsaturated/α-hetero) is 2. The van der Waals surface area contributed by atoms with Gasteiger partial charge in [-0.05, 0) is 17.7 Å². The second kappa shape index (κ2) is 6.63. The molecule has 0 aromatic heterocycles. The topological polar surface area (TPSA) is 46.7 Å². The van der Waals surface area contributed by atoms with E-state index in [9.17, 15) is 9.59 Å². The third-order valence-electron chi connectivity index (χ3n) is 4.54. The Hall–Kier alpha value is -2.56. The number of carbonyl (C=O) groups is 2. The summed E-state index contributed by atoms with van der Waals surface area (Å²) in [5.41, 5.74) is 0.242. The fourth-order valence-corrected chi connectivity index (χ4v) is 3.41. The minimum Gasteiger partial charge on any atom is -0.344 e. The van der Waals surface area contributed by atoms with Crippen molar-refractivity contribution in [3.05, 3.63) is 106 Å². The lowest BCUT2D eigenvalue weighted by atomic mass is 9.85. The van der Waals surface area contributed by atoms with Crippen LogP contribution in [0, 0.1) is 0 Å². The van der Waals surface area contributed by atoms with Crippen LogP contribution in [0.25, 0.3) is 0 Å². The van der Waals surface area contributed by atoms with Crippen LogP contribution in [0.2, 0.25) is 0 Å². The lowest BCUT2D eigenvalue weighted by Gasteiger charge is -2.12. The summed E-state index contributed by atoms with van der Waals surface area (Å²) in [5, 5.41) is 0. The van der Waals surface area contributed by atoms with E-state index < -0.39 is 11.7 Å². The average Bonchev–Trinajstić information content (AvgIpc) is 3.45. The third kappa shape index (κ3) is 2.81. The van der Waals surface area contributed by atoms with Crippen molar-refractivity contribution in [3.8, 4) is 0 Å². The predicted octanol–water partition coefficient (Wildman–Crippen LogP) is 5.03. The normalized spacial score (nSPS) is 17.5. The van der Waals surface area contributed by atoms with Crippen molar-refractivity contribution in [1.82, 2.24) is 0 Å². The van der Waals surface area contributed by atoms with E-state index in [0.717, 1.165) is 10.0 Å². The van der Waals surface area contributed by atoms with Gasteiger partial charge in [-0.1, -0.05) is 88.7 Å². The molecular formula is C22H15BrO3. The molecule has 1 heterocycles. The van der Waals surface area contributed by atoms with Crippen molar-refractivity contribution in [3.63, 3.8) is 0 Å². The highest BCUT2D eigenvalue weighted by atomic mass is 79.9. The molecule has 1 atom stereocenters. The second-order valence-electron chi connectivity index (χ2n) is 6.18. The Morgan fingerprint density at radius 2 is 1.19 bits per heavy atom. The van der Waals surface area contributed by atoms with Gasteiger partial charge in [0, 0.05) is 15.6 Å². The monoisotopic (exact) mass is 406 g/mol. The van der Waals surface area contributed by atoms with Gasteiger partial charge < -0.3 is 4.74 Å². The van der Waals surface area contributed by atoms with E-state index in [-0.39, 0.29) is 11.6 Å². The average molecular weight is 407 g/mol. The summed E-state index contributed by atoms with van der Waals surface area (Å²) in [7, 11) is 0. The number of halogens is 1. The number of rotatable bonds is 5. The molecule has 0 saturated carbocycles. The van der Waals surface area contributed by atoms with Gasteiger partial charge in [-0.3, -0.25) is 9.59 Å². The largest absolute Gasteiger partial charge is 0.344 e. The highest BCUT2D eigenvalue weighted by Gasteiger charge is 2.68. The Morgan fingerprint density at radius 3 is 1.65 bits per heavy atom. The van der Waals surface area contributed by atoms with E-state index in [1.807, 2.05) is 36.4 Å². The molecule has 128 valence electrons. The Labute approximate surface area is 159 Å². The molecule has 0 spiro atoms. The van der Waals surface area contributed by atoms with Crippen molar-refractivity contribution < 1.29 is 14.3 Å². The van der Waals surface area contributed by atoms with Crippen LogP contribution in [-0.2, 0) is 4.74 Å². The summed E-state index contributed by atoms with van der Waals surface area (Å²) in [6.45, 7) is 0. The standard InChI is InChI=1S/C22H15BrO3/c23-18-13-11-17(12-14-18)21-22(26-21,19(24)15-7-3-1-4-8-15)20(25)16-9-5-2-6-10-16/h1-14,21H. The van der Waals surface area contributed by atoms with Gasteiger partial charge in [0.15, 0.2) is 0 Å². The zero-order valence-electron chi connectivity index (χ0n) is 13.8. The molecule has 0 bridgehead atoms. The zero-order chi connectivity index (χ0) is 18.1. The molecule has 0 N–H and O–H groups in total. The van der Waals surface area contributed by atoms with Crippen molar-refractivity contribution >= 4 is 27.5 Å². The Morgan fingerprint density at radius 1 is 0.731 bits per heavy atom. The van der Waals surface area contributed by atoms with E-state index in [1.54, 1.807) is 48.5 Å².